The molecule has 2 aromatic carbocycles. The second kappa shape index (κ2) is 7.74. The summed E-state index contributed by atoms with van der Waals surface area (Å²) in [6.45, 7) is 0. The van der Waals surface area contributed by atoms with Gasteiger partial charge in [0.15, 0.2) is 0 Å². The molecule has 0 saturated carbocycles. The van der Waals surface area contributed by atoms with E-state index in [1.807, 2.05) is 41.2 Å². The quantitative estimate of drug-likeness (QED) is 0.462. The van der Waals surface area contributed by atoms with Crippen molar-refractivity contribution in [2.45, 2.75) is 37.8 Å². The number of sulfonamides is 1. The molecule has 172 valence electrons. The van der Waals surface area contributed by atoms with Gasteiger partial charge in [-0.1, -0.05) is 18.2 Å². The number of fused-ring (bicyclic) bond motifs is 4. The Morgan fingerprint density at radius 1 is 1.06 bits per heavy atom. The molecule has 34 heavy (non-hydrogen) atoms. The van der Waals surface area contributed by atoms with Crippen molar-refractivity contribution in [3.63, 3.8) is 0 Å². The van der Waals surface area contributed by atoms with E-state index in [9.17, 15) is 13.7 Å². The average molecular weight is 472 g/mol. The van der Waals surface area contributed by atoms with Gasteiger partial charge in [-0.05, 0) is 72.4 Å². The summed E-state index contributed by atoms with van der Waals surface area (Å²) in [6, 6.07) is 19.3. The lowest BCUT2D eigenvalue weighted by Gasteiger charge is -2.39. The van der Waals surface area contributed by atoms with Crippen molar-refractivity contribution in [2.75, 3.05) is 15.9 Å². The molecule has 0 aliphatic carbocycles. The first-order valence-corrected chi connectivity index (χ1v) is 13.4. The van der Waals surface area contributed by atoms with Gasteiger partial charge in [0.25, 0.3) is 0 Å². The molecule has 0 spiro atoms. The molecule has 8 heteroatoms. The number of benzene rings is 2. The van der Waals surface area contributed by atoms with E-state index in [1.54, 1.807) is 6.07 Å². The van der Waals surface area contributed by atoms with Crippen molar-refractivity contribution in [2.24, 2.45) is 5.92 Å². The minimum Gasteiger partial charge on any atom is -0.364 e. The summed E-state index contributed by atoms with van der Waals surface area (Å²) in [4.78, 5) is 2.54. The van der Waals surface area contributed by atoms with Crippen LogP contribution in [0.15, 0.2) is 60.9 Å². The summed E-state index contributed by atoms with van der Waals surface area (Å²) in [5.41, 5.74) is 4.96. The minimum absolute atomic E-state index is 0.153. The molecule has 1 N–H and O–H groups in total. The molecule has 2 unspecified atom stereocenters. The van der Waals surface area contributed by atoms with Gasteiger partial charge in [0.2, 0.25) is 10.0 Å². The van der Waals surface area contributed by atoms with E-state index in [4.69, 9.17) is 0 Å². The SMILES string of the molecule is CS(=O)(=O)Nc1ccc2cc(-c3cnn4cccc(N5C6CCC5CC(C#N)C6)c34)ccc2c1. The monoisotopic (exact) mass is 471 g/mol. The molecule has 4 heterocycles. The van der Waals surface area contributed by atoms with Gasteiger partial charge in [0, 0.05) is 29.5 Å². The Bertz CT molecular complexity index is 1560. The van der Waals surface area contributed by atoms with Crippen LogP contribution in [0, 0.1) is 17.2 Å². The second-order valence-corrected chi connectivity index (χ2v) is 11.2. The first-order chi connectivity index (χ1) is 16.4. The van der Waals surface area contributed by atoms with Crippen molar-refractivity contribution in [1.82, 2.24) is 9.61 Å². The van der Waals surface area contributed by atoms with Crippen molar-refractivity contribution in [3.05, 3.63) is 60.9 Å². The van der Waals surface area contributed by atoms with Gasteiger partial charge in [-0.2, -0.15) is 10.4 Å². The molecule has 0 radical (unpaired) electrons. The van der Waals surface area contributed by atoms with Gasteiger partial charge < -0.3 is 4.90 Å². The van der Waals surface area contributed by atoms with Gasteiger partial charge in [0.05, 0.1) is 35.6 Å². The van der Waals surface area contributed by atoms with Crippen molar-refractivity contribution >= 4 is 37.7 Å². The molecule has 2 atom stereocenters. The van der Waals surface area contributed by atoms with E-state index in [0.29, 0.717) is 17.8 Å². The molecule has 2 saturated heterocycles. The van der Waals surface area contributed by atoms with E-state index in [0.717, 1.165) is 59.4 Å². The van der Waals surface area contributed by atoms with Crippen LogP contribution in [-0.4, -0.2) is 36.4 Å². The molecule has 2 bridgehead atoms. The van der Waals surface area contributed by atoms with Crippen molar-refractivity contribution in [1.29, 1.82) is 5.26 Å². The van der Waals surface area contributed by atoms with Crippen molar-refractivity contribution < 1.29 is 8.42 Å². The third kappa shape index (κ3) is 3.57. The Hall–Kier alpha value is -3.57. The smallest absolute Gasteiger partial charge is 0.229 e. The predicted octanol–water partition coefficient (Wildman–Crippen LogP) is 4.80. The molecule has 2 aromatic heterocycles. The summed E-state index contributed by atoms with van der Waals surface area (Å²) in [5.74, 6) is 0.153. The van der Waals surface area contributed by atoms with Crippen LogP contribution >= 0.6 is 0 Å². The number of pyridine rings is 1. The standard InChI is InChI=1S/C26H25N5O2S/c1-34(32,33)29-21-7-6-18-13-20(5-4-19(18)14-21)24-16-28-30-10-2-3-25(26(24)30)31-22-8-9-23(31)12-17(11-22)15-27/h2-7,10,13-14,16-17,22-23,29H,8-9,11-12H2,1H3. The van der Waals surface area contributed by atoms with Crippen LogP contribution in [0.5, 0.6) is 0 Å². The summed E-state index contributed by atoms with van der Waals surface area (Å²) in [7, 11) is -3.32. The van der Waals surface area contributed by atoms with Crippen LogP contribution in [0.4, 0.5) is 11.4 Å². The first-order valence-electron chi connectivity index (χ1n) is 11.6. The molecular weight excluding hydrogens is 446 g/mol. The lowest BCUT2D eigenvalue weighted by atomic mass is 9.91. The average Bonchev–Trinajstić information content (AvgIpc) is 3.36. The number of hydrogen-bond acceptors (Lipinski definition) is 5. The summed E-state index contributed by atoms with van der Waals surface area (Å²) in [6.07, 6.45) is 9.17. The third-order valence-corrected chi connectivity index (χ3v) is 7.77. The number of anilines is 2. The molecule has 4 aromatic rings. The fourth-order valence-corrected chi connectivity index (χ4v) is 6.37. The van der Waals surface area contributed by atoms with Crippen molar-refractivity contribution in [3.8, 4) is 17.2 Å². The maximum absolute atomic E-state index is 11.6. The number of nitrogens with zero attached hydrogens (tertiary/aromatic N) is 4. The predicted molar refractivity (Wildman–Crippen MR) is 134 cm³/mol. The summed E-state index contributed by atoms with van der Waals surface area (Å²) >= 11 is 0. The van der Waals surface area contributed by atoms with E-state index >= 15 is 0 Å². The van der Waals surface area contributed by atoms with Crippen LogP contribution in [-0.2, 0) is 10.0 Å². The molecule has 6 rings (SSSR count). The van der Waals surface area contributed by atoms with Gasteiger partial charge in [0.1, 0.15) is 0 Å². The van der Waals surface area contributed by atoms with E-state index in [2.05, 4.69) is 39.0 Å². The number of nitriles is 1. The number of nitrogens with one attached hydrogen (secondary N) is 1. The molecule has 2 aliphatic heterocycles. The van der Waals surface area contributed by atoms with Gasteiger partial charge in [-0.25, -0.2) is 12.9 Å². The van der Waals surface area contributed by atoms with E-state index < -0.39 is 10.0 Å². The van der Waals surface area contributed by atoms with E-state index in [1.165, 1.54) is 5.69 Å². The first kappa shape index (κ1) is 21.0. The van der Waals surface area contributed by atoms with Crippen LogP contribution < -0.4 is 9.62 Å². The van der Waals surface area contributed by atoms with Crippen LogP contribution in [0.2, 0.25) is 0 Å². The molecular formula is C26H25N5O2S. The molecule has 2 fully saturated rings. The molecule has 7 nitrogen and oxygen atoms in total. The lowest BCUT2D eigenvalue weighted by molar-refractivity contribution is 0.401. The Labute approximate surface area is 198 Å². The highest BCUT2D eigenvalue weighted by Gasteiger charge is 2.41. The highest BCUT2D eigenvalue weighted by atomic mass is 32.2. The topological polar surface area (TPSA) is 90.5 Å². The normalized spacial score (nSPS) is 22.2. The van der Waals surface area contributed by atoms with E-state index in [-0.39, 0.29) is 5.92 Å². The third-order valence-electron chi connectivity index (χ3n) is 7.17. The number of piperidine rings is 1. The second-order valence-electron chi connectivity index (χ2n) is 9.49. The fourth-order valence-electron chi connectivity index (χ4n) is 5.81. The summed E-state index contributed by atoms with van der Waals surface area (Å²) in [5, 5.41) is 16.1. The number of hydrogen-bond donors (Lipinski definition) is 1. The fraction of sp³-hybridized carbons (Fsp3) is 0.308. The lowest BCUT2D eigenvalue weighted by Crippen LogP contribution is -2.43. The minimum atomic E-state index is -3.32. The van der Waals surface area contributed by atoms with Gasteiger partial charge in [-0.15, -0.1) is 0 Å². The Morgan fingerprint density at radius 3 is 2.53 bits per heavy atom. The maximum atomic E-state index is 11.6. The largest absolute Gasteiger partial charge is 0.364 e. The molecule has 2 aliphatic rings. The van der Waals surface area contributed by atoms with Crippen LogP contribution in [0.1, 0.15) is 25.7 Å². The van der Waals surface area contributed by atoms with Crippen LogP contribution in [0.25, 0.3) is 27.4 Å². The highest BCUT2D eigenvalue weighted by molar-refractivity contribution is 7.92. The Balaban J connectivity index is 1.43. The molecule has 0 amide bonds. The number of aromatic nitrogens is 2. The van der Waals surface area contributed by atoms with Gasteiger partial charge >= 0.3 is 0 Å². The number of rotatable bonds is 4. The zero-order chi connectivity index (χ0) is 23.4. The maximum Gasteiger partial charge on any atom is 0.229 e. The highest BCUT2D eigenvalue weighted by Crippen LogP contribution is 2.44. The summed E-state index contributed by atoms with van der Waals surface area (Å²) < 4.78 is 27.6. The van der Waals surface area contributed by atoms with Crippen LogP contribution in [0.3, 0.4) is 0 Å². The zero-order valence-electron chi connectivity index (χ0n) is 18.8. The Morgan fingerprint density at radius 2 is 1.79 bits per heavy atom. The van der Waals surface area contributed by atoms with Gasteiger partial charge in [-0.3, -0.25) is 4.72 Å². The zero-order valence-corrected chi connectivity index (χ0v) is 19.7. The Kier molecular flexibility index (Phi) is 4.78.